The van der Waals surface area contributed by atoms with Crippen LogP contribution in [0.3, 0.4) is 0 Å². The first-order valence-corrected chi connectivity index (χ1v) is 8.21. The lowest BCUT2D eigenvalue weighted by Gasteiger charge is -2.12. The van der Waals surface area contributed by atoms with E-state index in [1.165, 1.54) is 16.6 Å². The molecule has 0 spiro atoms. The number of aryl methyl sites for hydroxylation is 1. The Morgan fingerprint density at radius 2 is 2.00 bits per heavy atom. The normalized spacial score (nSPS) is 11.5. The van der Waals surface area contributed by atoms with Crippen LogP contribution in [0.2, 0.25) is 0 Å². The number of rotatable bonds is 8. The van der Waals surface area contributed by atoms with Gasteiger partial charge in [0, 0.05) is 30.4 Å². The summed E-state index contributed by atoms with van der Waals surface area (Å²) < 4.78 is 13.8. The van der Waals surface area contributed by atoms with Gasteiger partial charge in [0.2, 0.25) is 5.88 Å². The molecule has 0 N–H and O–H groups in total. The van der Waals surface area contributed by atoms with Crippen molar-refractivity contribution in [1.82, 2.24) is 9.55 Å². The molecule has 0 atom stereocenters. The van der Waals surface area contributed by atoms with Crippen LogP contribution >= 0.6 is 0 Å². The van der Waals surface area contributed by atoms with Gasteiger partial charge in [-0.25, -0.2) is 4.98 Å². The van der Waals surface area contributed by atoms with Crippen LogP contribution in [0, 0.1) is 19.8 Å². The largest absolute Gasteiger partial charge is 0.476 e. The molecule has 0 fully saturated rings. The van der Waals surface area contributed by atoms with Crippen molar-refractivity contribution in [2.24, 2.45) is 5.92 Å². The van der Waals surface area contributed by atoms with E-state index in [1.807, 2.05) is 13.1 Å². The zero-order valence-corrected chi connectivity index (χ0v) is 14.5. The Labute approximate surface area is 133 Å². The molecule has 2 aromatic heterocycles. The number of ether oxygens (including phenoxy) is 2. The van der Waals surface area contributed by atoms with Gasteiger partial charge in [0.25, 0.3) is 0 Å². The molecular formula is C18H28N2O2. The minimum Gasteiger partial charge on any atom is -0.476 e. The maximum absolute atomic E-state index is 5.97. The molecule has 0 aliphatic heterocycles. The Morgan fingerprint density at radius 3 is 2.68 bits per heavy atom. The Bertz CT molecular complexity index is 617. The van der Waals surface area contributed by atoms with Gasteiger partial charge in [-0.15, -0.1) is 0 Å². The first-order chi connectivity index (χ1) is 10.6. The zero-order valence-electron chi connectivity index (χ0n) is 14.5. The molecule has 0 unspecified atom stereocenters. The van der Waals surface area contributed by atoms with E-state index in [4.69, 9.17) is 9.47 Å². The predicted molar refractivity (Wildman–Crippen MR) is 90.7 cm³/mol. The minimum atomic E-state index is 0.632. The summed E-state index contributed by atoms with van der Waals surface area (Å²) in [5.41, 5.74) is 3.65. The molecule has 0 saturated carbocycles. The van der Waals surface area contributed by atoms with Gasteiger partial charge in [0.15, 0.2) is 0 Å². The van der Waals surface area contributed by atoms with Crippen molar-refractivity contribution >= 4 is 10.9 Å². The van der Waals surface area contributed by atoms with Crippen LogP contribution in [0.15, 0.2) is 12.3 Å². The Balaban J connectivity index is 2.33. The molecule has 4 nitrogen and oxygen atoms in total. The second kappa shape index (κ2) is 7.63. The summed E-state index contributed by atoms with van der Waals surface area (Å²) in [6, 6.07) is 2.07. The first-order valence-electron chi connectivity index (χ1n) is 8.21. The van der Waals surface area contributed by atoms with E-state index in [2.05, 4.69) is 43.3 Å². The van der Waals surface area contributed by atoms with Crippen molar-refractivity contribution in [3.63, 3.8) is 0 Å². The fourth-order valence-electron chi connectivity index (χ4n) is 2.64. The maximum atomic E-state index is 5.97. The summed E-state index contributed by atoms with van der Waals surface area (Å²) in [7, 11) is 0. The number of aromatic nitrogens is 2. The van der Waals surface area contributed by atoms with Crippen LogP contribution in [-0.2, 0) is 11.3 Å². The van der Waals surface area contributed by atoms with Crippen LogP contribution in [0.4, 0.5) is 0 Å². The highest BCUT2D eigenvalue weighted by molar-refractivity contribution is 5.88. The molecule has 0 bridgehead atoms. The van der Waals surface area contributed by atoms with Crippen molar-refractivity contribution in [3.8, 4) is 5.88 Å². The molecule has 122 valence electrons. The highest BCUT2D eigenvalue weighted by Gasteiger charge is 2.16. The number of pyridine rings is 1. The molecule has 0 amide bonds. The van der Waals surface area contributed by atoms with E-state index < -0.39 is 0 Å². The van der Waals surface area contributed by atoms with Gasteiger partial charge >= 0.3 is 0 Å². The summed E-state index contributed by atoms with van der Waals surface area (Å²) in [6.45, 7) is 13.7. The van der Waals surface area contributed by atoms with Crippen LogP contribution in [-0.4, -0.2) is 29.4 Å². The van der Waals surface area contributed by atoms with E-state index >= 15 is 0 Å². The lowest BCUT2D eigenvalue weighted by molar-refractivity contribution is 0.139. The van der Waals surface area contributed by atoms with Gasteiger partial charge in [0.1, 0.15) is 5.52 Å². The third-order valence-corrected chi connectivity index (χ3v) is 4.11. The summed E-state index contributed by atoms with van der Waals surface area (Å²) in [5.74, 6) is 1.37. The molecule has 0 aliphatic rings. The molecule has 22 heavy (non-hydrogen) atoms. The molecule has 0 radical (unpaired) electrons. The third-order valence-electron chi connectivity index (χ3n) is 4.11. The molecule has 0 saturated heterocycles. The van der Waals surface area contributed by atoms with Crippen molar-refractivity contribution in [2.45, 2.75) is 47.6 Å². The van der Waals surface area contributed by atoms with Gasteiger partial charge < -0.3 is 14.0 Å². The standard InChI is InChI=1S/C18H28N2O2/c1-6-21-12-10-20-15(5)14(4)16-7-9-19-18(17(16)20)22-11-8-13(2)3/h7,9,13H,6,8,10-12H2,1-5H3. The molecule has 2 heterocycles. The molecule has 2 aromatic rings. The van der Waals surface area contributed by atoms with E-state index in [0.29, 0.717) is 19.1 Å². The average Bonchev–Trinajstić information content (AvgIpc) is 2.73. The lowest BCUT2D eigenvalue weighted by atomic mass is 10.1. The van der Waals surface area contributed by atoms with E-state index in [0.717, 1.165) is 31.0 Å². The van der Waals surface area contributed by atoms with Crippen LogP contribution in [0.5, 0.6) is 5.88 Å². The first kappa shape index (κ1) is 16.8. The quantitative estimate of drug-likeness (QED) is 0.688. The highest BCUT2D eigenvalue weighted by atomic mass is 16.5. The maximum Gasteiger partial charge on any atom is 0.238 e. The number of fused-ring (bicyclic) bond motifs is 1. The fraction of sp³-hybridized carbons (Fsp3) is 0.611. The third kappa shape index (κ3) is 3.61. The van der Waals surface area contributed by atoms with E-state index in [9.17, 15) is 0 Å². The Kier molecular flexibility index (Phi) is 5.83. The highest BCUT2D eigenvalue weighted by Crippen LogP contribution is 2.30. The average molecular weight is 304 g/mol. The van der Waals surface area contributed by atoms with Gasteiger partial charge in [-0.1, -0.05) is 13.8 Å². The van der Waals surface area contributed by atoms with Gasteiger partial charge in [-0.2, -0.15) is 0 Å². The van der Waals surface area contributed by atoms with Crippen LogP contribution in [0.25, 0.3) is 10.9 Å². The van der Waals surface area contributed by atoms with Crippen LogP contribution < -0.4 is 4.74 Å². The van der Waals surface area contributed by atoms with Gasteiger partial charge in [-0.05, 0) is 44.7 Å². The summed E-state index contributed by atoms with van der Waals surface area (Å²) in [4.78, 5) is 4.46. The van der Waals surface area contributed by atoms with Crippen molar-refractivity contribution in [2.75, 3.05) is 19.8 Å². The van der Waals surface area contributed by atoms with Crippen LogP contribution in [0.1, 0.15) is 38.4 Å². The number of nitrogens with zero attached hydrogens (tertiary/aromatic N) is 2. The molecule has 0 aromatic carbocycles. The number of hydrogen-bond donors (Lipinski definition) is 0. The SMILES string of the molecule is CCOCCn1c(C)c(C)c2ccnc(OCCC(C)C)c21. The smallest absolute Gasteiger partial charge is 0.238 e. The fourth-order valence-corrected chi connectivity index (χ4v) is 2.64. The Hall–Kier alpha value is -1.55. The van der Waals surface area contributed by atoms with Gasteiger partial charge in [-0.3, -0.25) is 0 Å². The molecular weight excluding hydrogens is 276 g/mol. The predicted octanol–water partition coefficient (Wildman–Crippen LogP) is 4.11. The molecule has 4 heteroatoms. The number of hydrogen-bond acceptors (Lipinski definition) is 3. The van der Waals surface area contributed by atoms with E-state index in [1.54, 1.807) is 0 Å². The molecule has 0 aliphatic carbocycles. The zero-order chi connectivity index (χ0) is 16.1. The van der Waals surface area contributed by atoms with Crippen molar-refractivity contribution in [1.29, 1.82) is 0 Å². The van der Waals surface area contributed by atoms with E-state index in [-0.39, 0.29) is 0 Å². The summed E-state index contributed by atoms with van der Waals surface area (Å²) >= 11 is 0. The molecule has 2 rings (SSSR count). The second-order valence-corrected chi connectivity index (χ2v) is 6.10. The van der Waals surface area contributed by atoms with Crippen molar-refractivity contribution in [3.05, 3.63) is 23.5 Å². The topological polar surface area (TPSA) is 36.3 Å². The Morgan fingerprint density at radius 1 is 1.23 bits per heavy atom. The summed E-state index contributed by atoms with van der Waals surface area (Å²) in [5, 5.41) is 1.23. The van der Waals surface area contributed by atoms with Crippen molar-refractivity contribution < 1.29 is 9.47 Å². The summed E-state index contributed by atoms with van der Waals surface area (Å²) in [6.07, 6.45) is 2.88. The monoisotopic (exact) mass is 304 g/mol. The lowest BCUT2D eigenvalue weighted by Crippen LogP contribution is -2.09. The minimum absolute atomic E-state index is 0.632. The second-order valence-electron chi connectivity index (χ2n) is 6.10. The van der Waals surface area contributed by atoms with Gasteiger partial charge in [0.05, 0.1) is 13.2 Å².